The summed E-state index contributed by atoms with van der Waals surface area (Å²) in [6.45, 7) is -0.408. The predicted octanol–water partition coefficient (Wildman–Crippen LogP) is 6.67. The average molecular weight is 631 g/mol. The molecule has 0 atom stereocenters. The third-order valence-corrected chi connectivity index (χ3v) is 7.91. The number of amides is 2. The van der Waals surface area contributed by atoms with E-state index in [-0.39, 0.29) is 38.5 Å². The molecule has 1 aliphatic rings. The van der Waals surface area contributed by atoms with Gasteiger partial charge in [0, 0.05) is 11.4 Å². The molecule has 0 unspecified atom stereocenters. The summed E-state index contributed by atoms with van der Waals surface area (Å²) in [5, 5.41) is 13.0. The highest BCUT2D eigenvalue weighted by Crippen LogP contribution is 2.40. The summed E-state index contributed by atoms with van der Waals surface area (Å²) in [6.07, 6.45) is -8.59. The van der Waals surface area contributed by atoms with Crippen molar-refractivity contribution in [3.8, 4) is 11.1 Å². The van der Waals surface area contributed by atoms with Crippen LogP contribution in [0.3, 0.4) is 0 Å². The molecule has 0 bridgehead atoms. The van der Waals surface area contributed by atoms with Crippen molar-refractivity contribution in [3.63, 3.8) is 0 Å². The first-order chi connectivity index (χ1) is 19.1. The highest BCUT2D eigenvalue weighted by atomic mass is 32.2. The first kappa shape index (κ1) is 30.3. The Morgan fingerprint density at radius 1 is 0.976 bits per heavy atom. The van der Waals surface area contributed by atoms with Crippen molar-refractivity contribution in [1.82, 2.24) is 10.2 Å². The van der Waals surface area contributed by atoms with Crippen molar-refractivity contribution in [2.45, 2.75) is 18.9 Å². The zero-order valence-corrected chi connectivity index (χ0v) is 22.7. The monoisotopic (exact) mass is 630 g/mol. The molecular formula is C26H16F6N2O4S3. The number of thiocarbonyl (C=S) groups is 1. The van der Waals surface area contributed by atoms with E-state index in [1.807, 2.05) is 0 Å². The number of carbonyl (C=O) groups is 3. The molecule has 4 rings (SSSR count). The Balaban J connectivity index is 1.47. The van der Waals surface area contributed by atoms with Crippen LogP contribution in [0, 0.1) is 0 Å². The molecule has 3 aromatic rings. The molecule has 1 saturated heterocycles. The van der Waals surface area contributed by atoms with Crippen molar-refractivity contribution in [1.29, 1.82) is 0 Å². The fraction of sp³-hybridized carbons (Fsp3) is 0.154. The Morgan fingerprint density at radius 3 is 2.24 bits per heavy atom. The third-order valence-electron chi connectivity index (χ3n) is 5.65. The molecule has 214 valence electrons. The van der Waals surface area contributed by atoms with Crippen molar-refractivity contribution < 1.29 is 45.8 Å². The number of aromatic carboxylic acids is 1. The summed E-state index contributed by atoms with van der Waals surface area (Å²) in [7, 11) is 0. The van der Waals surface area contributed by atoms with Crippen LogP contribution in [0.1, 0.15) is 31.9 Å². The van der Waals surface area contributed by atoms with Gasteiger partial charge in [0.1, 0.15) is 10.9 Å². The maximum absolute atomic E-state index is 13.2. The maximum Gasteiger partial charge on any atom is 0.416 e. The largest absolute Gasteiger partial charge is 0.478 e. The number of rotatable bonds is 7. The minimum atomic E-state index is -4.99. The zero-order chi connectivity index (χ0) is 30.1. The van der Waals surface area contributed by atoms with Gasteiger partial charge in [-0.2, -0.15) is 26.3 Å². The van der Waals surface area contributed by atoms with Crippen LogP contribution in [0.15, 0.2) is 58.8 Å². The molecule has 6 nitrogen and oxygen atoms in total. The quantitative estimate of drug-likeness (QED) is 0.172. The van der Waals surface area contributed by atoms with E-state index in [0.29, 0.717) is 22.6 Å². The van der Waals surface area contributed by atoms with Crippen LogP contribution in [-0.2, 0) is 28.5 Å². The number of alkyl halides is 6. The van der Waals surface area contributed by atoms with E-state index in [1.54, 1.807) is 6.07 Å². The molecule has 41 heavy (non-hydrogen) atoms. The molecule has 2 aromatic carbocycles. The number of thiophene rings is 1. The second-order valence-electron chi connectivity index (χ2n) is 8.58. The van der Waals surface area contributed by atoms with Crippen LogP contribution in [0.2, 0.25) is 0 Å². The van der Waals surface area contributed by atoms with E-state index in [2.05, 4.69) is 5.32 Å². The van der Waals surface area contributed by atoms with Gasteiger partial charge in [0.15, 0.2) is 0 Å². The Morgan fingerprint density at radius 2 is 1.63 bits per heavy atom. The van der Waals surface area contributed by atoms with E-state index >= 15 is 0 Å². The molecule has 15 heteroatoms. The number of halogens is 6. The fourth-order valence-corrected chi connectivity index (χ4v) is 5.85. The number of nitrogens with one attached hydrogen (secondary N) is 1. The molecular weight excluding hydrogens is 614 g/mol. The third kappa shape index (κ3) is 7.34. The van der Waals surface area contributed by atoms with Crippen LogP contribution >= 0.6 is 35.3 Å². The minimum absolute atomic E-state index is 0.00808. The van der Waals surface area contributed by atoms with Crippen molar-refractivity contribution in [3.05, 3.63) is 85.9 Å². The molecule has 1 aliphatic heterocycles. The number of carboxylic acid groups (broad SMARTS) is 1. The van der Waals surface area contributed by atoms with E-state index in [0.717, 1.165) is 28.0 Å². The van der Waals surface area contributed by atoms with E-state index < -0.39 is 47.8 Å². The molecule has 2 heterocycles. The number of hydrogen-bond acceptors (Lipinski definition) is 6. The Bertz CT molecular complexity index is 1550. The standard InChI is InChI=1S/C26H16F6N2O4S3/c27-25(28,29)17-5-15(6-18(8-17)26(30,31)32)16-7-19(40-12-16)9-20-22(36)34(24(39)41-20)11-21(35)33-10-13-2-1-3-14(4-13)23(37)38/h1-9,12H,10-11H2,(H,33,35)(H,37,38). The van der Waals surface area contributed by atoms with E-state index in [9.17, 15) is 40.7 Å². The number of thioether (sulfide) groups is 1. The van der Waals surface area contributed by atoms with Crippen molar-refractivity contribution in [2.75, 3.05) is 6.54 Å². The second kappa shape index (κ2) is 11.7. The van der Waals surface area contributed by atoms with Gasteiger partial charge in [-0.1, -0.05) is 36.1 Å². The van der Waals surface area contributed by atoms with Gasteiger partial charge < -0.3 is 10.4 Å². The number of nitrogens with zero attached hydrogens (tertiary/aromatic N) is 1. The molecule has 1 fully saturated rings. The molecule has 2 N–H and O–H groups in total. The van der Waals surface area contributed by atoms with E-state index in [4.69, 9.17) is 17.3 Å². The molecule has 0 radical (unpaired) electrons. The number of benzene rings is 2. The van der Waals surface area contributed by atoms with Gasteiger partial charge in [0.25, 0.3) is 5.91 Å². The summed E-state index contributed by atoms with van der Waals surface area (Å²) in [6, 6.07) is 8.58. The van der Waals surface area contributed by atoms with E-state index in [1.165, 1.54) is 35.7 Å². The summed E-state index contributed by atoms with van der Waals surface area (Å²) in [5.74, 6) is -2.29. The van der Waals surface area contributed by atoms with Gasteiger partial charge in [-0.05, 0) is 64.5 Å². The lowest BCUT2D eigenvalue weighted by Crippen LogP contribution is -2.39. The first-order valence-corrected chi connectivity index (χ1v) is 13.4. The van der Waals surface area contributed by atoms with Crippen LogP contribution in [0.4, 0.5) is 26.3 Å². The molecule has 0 saturated carbocycles. The van der Waals surface area contributed by atoms with Crippen molar-refractivity contribution in [2.24, 2.45) is 0 Å². The molecule has 0 spiro atoms. The Labute approximate surface area is 241 Å². The average Bonchev–Trinajstić information content (AvgIpc) is 3.46. The maximum atomic E-state index is 13.2. The Hall–Kier alpha value is -3.69. The lowest BCUT2D eigenvalue weighted by atomic mass is 10.0. The lowest BCUT2D eigenvalue weighted by Gasteiger charge is -2.14. The van der Waals surface area contributed by atoms with Crippen LogP contribution < -0.4 is 5.32 Å². The smallest absolute Gasteiger partial charge is 0.416 e. The highest BCUT2D eigenvalue weighted by Gasteiger charge is 2.37. The summed E-state index contributed by atoms with van der Waals surface area (Å²) >= 11 is 7.09. The molecule has 0 aliphatic carbocycles. The van der Waals surface area contributed by atoms with Crippen LogP contribution in [0.5, 0.6) is 0 Å². The van der Waals surface area contributed by atoms with Crippen LogP contribution in [-0.4, -0.2) is 38.7 Å². The van der Waals surface area contributed by atoms with Crippen molar-refractivity contribution >= 4 is 63.5 Å². The Kier molecular flexibility index (Phi) is 8.61. The summed E-state index contributed by atoms with van der Waals surface area (Å²) < 4.78 is 79.5. The van der Waals surface area contributed by atoms with Gasteiger partial charge >= 0.3 is 18.3 Å². The van der Waals surface area contributed by atoms with Gasteiger partial charge in [-0.25, -0.2) is 4.79 Å². The lowest BCUT2D eigenvalue weighted by molar-refractivity contribution is -0.143. The topological polar surface area (TPSA) is 86.7 Å². The minimum Gasteiger partial charge on any atom is -0.478 e. The molecule has 1 aromatic heterocycles. The summed E-state index contributed by atoms with van der Waals surface area (Å²) in [5.41, 5.74) is -2.50. The number of hydrogen-bond donors (Lipinski definition) is 2. The SMILES string of the molecule is O=C(CN1C(=O)C(=Cc2cc(-c3cc(C(F)(F)F)cc(C(F)(F)F)c3)cs2)SC1=S)NCc1cccc(C(=O)O)c1. The van der Waals surface area contributed by atoms with Gasteiger partial charge in [0.05, 0.1) is 21.6 Å². The highest BCUT2D eigenvalue weighted by molar-refractivity contribution is 8.26. The number of carboxylic acids is 1. The first-order valence-electron chi connectivity index (χ1n) is 11.3. The summed E-state index contributed by atoms with van der Waals surface area (Å²) in [4.78, 5) is 38.0. The van der Waals surface area contributed by atoms with Gasteiger partial charge in [-0.3, -0.25) is 14.5 Å². The van der Waals surface area contributed by atoms with Gasteiger partial charge in [0.2, 0.25) is 5.91 Å². The zero-order valence-electron chi connectivity index (χ0n) is 20.3. The molecule has 2 amide bonds. The predicted molar refractivity (Wildman–Crippen MR) is 145 cm³/mol. The second-order valence-corrected chi connectivity index (χ2v) is 11.2. The number of carbonyl (C=O) groups excluding carboxylic acids is 2. The van der Waals surface area contributed by atoms with Gasteiger partial charge in [-0.15, -0.1) is 11.3 Å². The van der Waals surface area contributed by atoms with Crippen LogP contribution in [0.25, 0.3) is 17.2 Å². The fourth-order valence-electron chi connectivity index (χ4n) is 3.68. The normalized spacial score (nSPS) is 15.1.